The molecule has 3 aromatic carbocycles. The molecule has 1 aromatic heterocycles. The highest BCUT2D eigenvalue weighted by Crippen LogP contribution is 2.47. The molecule has 1 heterocycles. The number of aromatic nitrogens is 1. The molecule has 2 aliphatic rings. The summed E-state index contributed by atoms with van der Waals surface area (Å²) in [4.78, 5) is 4.81. The van der Waals surface area contributed by atoms with Crippen molar-refractivity contribution in [2.24, 2.45) is 0 Å². The number of benzene rings is 3. The predicted molar refractivity (Wildman–Crippen MR) is 122 cm³/mol. The van der Waals surface area contributed by atoms with E-state index in [1.54, 1.807) is 0 Å². The van der Waals surface area contributed by atoms with Crippen LogP contribution in [0.4, 0.5) is 8.78 Å². The Kier molecular flexibility index (Phi) is 4.05. The Hall–Kier alpha value is -3.07. The van der Waals surface area contributed by atoms with Crippen LogP contribution in [0.1, 0.15) is 47.4 Å². The topological polar surface area (TPSA) is 12.9 Å². The Morgan fingerprint density at radius 2 is 1.74 bits per heavy atom. The first-order chi connectivity index (χ1) is 15.0. The van der Waals surface area contributed by atoms with Gasteiger partial charge >= 0.3 is 0 Å². The molecule has 0 radical (unpaired) electrons. The molecule has 1 unspecified atom stereocenters. The summed E-state index contributed by atoms with van der Waals surface area (Å²) in [6, 6.07) is 21.2. The fraction of sp³-hybridized carbons (Fsp3) is 0.250. The van der Waals surface area contributed by atoms with Crippen molar-refractivity contribution in [1.29, 1.82) is 0 Å². The fourth-order valence-electron chi connectivity index (χ4n) is 5.60. The van der Waals surface area contributed by atoms with Crippen LogP contribution in [-0.2, 0) is 6.42 Å². The fourth-order valence-corrected chi connectivity index (χ4v) is 5.60. The molecule has 4 aromatic rings. The molecule has 0 aliphatic heterocycles. The SMILES string of the molecule is Cc1cc2c(c(-c3nccc4c(C5CCC(F)(F)C5)cccc34)c1)Cc1ccccc1-2. The average molecular weight is 411 g/mol. The van der Waals surface area contributed by atoms with E-state index in [2.05, 4.69) is 49.4 Å². The van der Waals surface area contributed by atoms with Gasteiger partial charge in [-0.05, 0) is 76.6 Å². The van der Waals surface area contributed by atoms with E-state index in [1.165, 1.54) is 27.8 Å². The van der Waals surface area contributed by atoms with Gasteiger partial charge < -0.3 is 0 Å². The van der Waals surface area contributed by atoms with E-state index in [0.29, 0.717) is 6.42 Å². The highest BCUT2D eigenvalue weighted by Gasteiger charge is 2.40. The third-order valence-corrected chi connectivity index (χ3v) is 7.01. The number of nitrogens with zero attached hydrogens (tertiary/aromatic N) is 1. The van der Waals surface area contributed by atoms with Gasteiger partial charge in [0.25, 0.3) is 0 Å². The van der Waals surface area contributed by atoms with E-state index in [9.17, 15) is 8.78 Å². The molecule has 31 heavy (non-hydrogen) atoms. The van der Waals surface area contributed by atoms with Crippen LogP contribution in [0.3, 0.4) is 0 Å². The highest BCUT2D eigenvalue weighted by molar-refractivity contribution is 5.99. The van der Waals surface area contributed by atoms with Crippen LogP contribution in [0.2, 0.25) is 0 Å². The van der Waals surface area contributed by atoms with Crippen molar-refractivity contribution in [3.8, 4) is 22.4 Å². The molecule has 1 fully saturated rings. The number of pyridine rings is 1. The van der Waals surface area contributed by atoms with E-state index in [-0.39, 0.29) is 18.8 Å². The van der Waals surface area contributed by atoms with Gasteiger partial charge in [-0.3, -0.25) is 4.98 Å². The number of hydrogen-bond acceptors (Lipinski definition) is 1. The van der Waals surface area contributed by atoms with Crippen LogP contribution >= 0.6 is 0 Å². The van der Waals surface area contributed by atoms with Crippen molar-refractivity contribution in [3.05, 3.63) is 89.1 Å². The van der Waals surface area contributed by atoms with Crippen molar-refractivity contribution in [2.45, 2.75) is 44.4 Å². The molecule has 2 aliphatic carbocycles. The van der Waals surface area contributed by atoms with Gasteiger partial charge in [-0.1, -0.05) is 48.5 Å². The first kappa shape index (κ1) is 18.7. The minimum absolute atomic E-state index is 0.0182. The molecule has 0 amide bonds. The molecule has 1 atom stereocenters. The van der Waals surface area contributed by atoms with Gasteiger partial charge in [0.05, 0.1) is 5.69 Å². The van der Waals surface area contributed by atoms with Crippen LogP contribution < -0.4 is 0 Å². The third-order valence-electron chi connectivity index (χ3n) is 7.01. The van der Waals surface area contributed by atoms with Crippen LogP contribution in [-0.4, -0.2) is 10.9 Å². The number of fused-ring (bicyclic) bond motifs is 4. The Balaban J connectivity index is 1.55. The normalized spacial score (nSPS) is 18.9. The summed E-state index contributed by atoms with van der Waals surface area (Å²) in [6.45, 7) is 2.13. The summed E-state index contributed by atoms with van der Waals surface area (Å²) in [5.41, 5.74) is 9.60. The zero-order valence-corrected chi connectivity index (χ0v) is 17.5. The smallest absolute Gasteiger partial charge is 0.248 e. The van der Waals surface area contributed by atoms with Gasteiger partial charge in [-0.25, -0.2) is 8.78 Å². The lowest BCUT2D eigenvalue weighted by Gasteiger charge is -2.17. The molecule has 0 bridgehead atoms. The van der Waals surface area contributed by atoms with Crippen LogP contribution in [0.15, 0.2) is 66.9 Å². The monoisotopic (exact) mass is 411 g/mol. The van der Waals surface area contributed by atoms with Gasteiger partial charge in [0, 0.05) is 30.0 Å². The standard InChI is InChI=1S/C28H23F2N/c1-17-13-24-20-6-3-2-5-18(20)15-25(24)26(14-17)27-23-8-4-7-21(22(23)10-12-31-27)19-9-11-28(29,30)16-19/h2-8,10,12-14,19H,9,11,15-16H2,1H3. The highest BCUT2D eigenvalue weighted by atomic mass is 19.3. The quantitative estimate of drug-likeness (QED) is 0.290. The average Bonchev–Trinajstić information content (AvgIpc) is 3.32. The number of halogens is 2. The number of alkyl halides is 2. The van der Waals surface area contributed by atoms with E-state index >= 15 is 0 Å². The number of hydrogen-bond donors (Lipinski definition) is 0. The predicted octanol–water partition coefficient (Wildman–Crippen LogP) is 7.68. The van der Waals surface area contributed by atoms with Gasteiger partial charge in [0.1, 0.15) is 0 Å². The van der Waals surface area contributed by atoms with Crippen molar-refractivity contribution in [1.82, 2.24) is 4.98 Å². The largest absolute Gasteiger partial charge is 0.256 e. The molecule has 0 spiro atoms. The maximum atomic E-state index is 13.9. The second kappa shape index (κ2) is 6.71. The van der Waals surface area contributed by atoms with Gasteiger partial charge in [-0.2, -0.15) is 0 Å². The lowest BCUT2D eigenvalue weighted by molar-refractivity contribution is 0.00780. The molecule has 1 nitrogen and oxygen atoms in total. The molecule has 3 heteroatoms. The van der Waals surface area contributed by atoms with Crippen LogP contribution in [0, 0.1) is 6.92 Å². The van der Waals surface area contributed by atoms with Crippen molar-refractivity contribution in [2.75, 3.05) is 0 Å². The first-order valence-corrected chi connectivity index (χ1v) is 11.0. The van der Waals surface area contributed by atoms with E-state index in [1.807, 2.05) is 24.4 Å². The van der Waals surface area contributed by atoms with Crippen LogP contribution in [0.25, 0.3) is 33.2 Å². The maximum absolute atomic E-state index is 13.9. The summed E-state index contributed by atoms with van der Waals surface area (Å²) in [6.07, 6.45) is 3.20. The Morgan fingerprint density at radius 1 is 0.903 bits per heavy atom. The second-order valence-electron chi connectivity index (χ2n) is 9.07. The van der Waals surface area contributed by atoms with Crippen molar-refractivity contribution >= 4 is 10.8 Å². The minimum Gasteiger partial charge on any atom is -0.256 e. The molecular formula is C28H23F2N. The van der Waals surface area contributed by atoms with Gasteiger partial charge in [-0.15, -0.1) is 0 Å². The lowest BCUT2D eigenvalue weighted by Crippen LogP contribution is -2.09. The number of rotatable bonds is 2. The molecule has 0 N–H and O–H groups in total. The molecule has 154 valence electrons. The molecular weight excluding hydrogens is 388 g/mol. The van der Waals surface area contributed by atoms with Crippen molar-refractivity contribution < 1.29 is 8.78 Å². The van der Waals surface area contributed by atoms with Gasteiger partial charge in [0.2, 0.25) is 5.92 Å². The molecule has 1 saturated carbocycles. The van der Waals surface area contributed by atoms with E-state index in [4.69, 9.17) is 4.98 Å². The molecule has 0 saturated heterocycles. The molecule has 6 rings (SSSR count). The zero-order valence-electron chi connectivity index (χ0n) is 17.5. The third kappa shape index (κ3) is 2.98. The Morgan fingerprint density at radius 3 is 2.58 bits per heavy atom. The summed E-state index contributed by atoms with van der Waals surface area (Å²) >= 11 is 0. The van der Waals surface area contributed by atoms with Crippen LogP contribution in [0.5, 0.6) is 0 Å². The summed E-state index contributed by atoms with van der Waals surface area (Å²) in [7, 11) is 0. The summed E-state index contributed by atoms with van der Waals surface area (Å²) in [5, 5.41) is 2.11. The summed E-state index contributed by atoms with van der Waals surface area (Å²) < 4.78 is 27.9. The van der Waals surface area contributed by atoms with E-state index in [0.717, 1.165) is 34.0 Å². The lowest BCUT2D eigenvalue weighted by atomic mass is 9.89. The maximum Gasteiger partial charge on any atom is 0.248 e. The summed E-state index contributed by atoms with van der Waals surface area (Å²) in [5.74, 6) is -2.65. The van der Waals surface area contributed by atoms with Gasteiger partial charge in [0.15, 0.2) is 0 Å². The Labute approximate surface area is 180 Å². The minimum atomic E-state index is -2.55. The Bertz CT molecular complexity index is 1340. The second-order valence-corrected chi connectivity index (χ2v) is 9.07. The first-order valence-electron chi connectivity index (χ1n) is 11.0. The number of aryl methyl sites for hydroxylation is 1. The zero-order chi connectivity index (χ0) is 21.2. The van der Waals surface area contributed by atoms with Crippen molar-refractivity contribution in [3.63, 3.8) is 0 Å². The van der Waals surface area contributed by atoms with E-state index < -0.39 is 5.92 Å².